The van der Waals surface area contributed by atoms with Gasteiger partial charge in [-0.2, -0.15) is 0 Å². The fourth-order valence-electron chi connectivity index (χ4n) is 2.61. The highest BCUT2D eigenvalue weighted by atomic mass is 35.5. The molecule has 0 spiro atoms. The van der Waals surface area contributed by atoms with Gasteiger partial charge in [-0.25, -0.2) is 0 Å². The molecule has 2 aromatic carbocycles. The summed E-state index contributed by atoms with van der Waals surface area (Å²) < 4.78 is 0. The normalized spacial score (nSPS) is 13.9. The molecule has 0 heterocycles. The number of phenolic OH excluding ortho intramolecular Hbond substituents is 1. The summed E-state index contributed by atoms with van der Waals surface area (Å²) in [5, 5.41) is 14.3. The number of aromatic hydroxyl groups is 1. The molecule has 21 heavy (non-hydrogen) atoms. The number of halogens is 1. The Bertz CT molecular complexity index is 612. The first-order chi connectivity index (χ1) is 9.95. The van der Waals surface area contributed by atoms with Crippen LogP contribution < -0.4 is 5.32 Å². The van der Waals surface area contributed by atoms with Crippen LogP contribution >= 0.6 is 11.6 Å². The maximum absolute atomic E-state index is 10.0. The Balaban J connectivity index is 2.00. The third-order valence-electron chi connectivity index (χ3n) is 3.62. The van der Waals surface area contributed by atoms with Crippen molar-refractivity contribution in [2.75, 3.05) is 0 Å². The van der Waals surface area contributed by atoms with Crippen molar-refractivity contribution < 1.29 is 5.11 Å². The van der Waals surface area contributed by atoms with Crippen molar-refractivity contribution in [1.82, 2.24) is 5.32 Å². The van der Waals surface area contributed by atoms with Gasteiger partial charge in [0.15, 0.2) is 0 Å². The molecule has 2 aromatic rings. The van der Waals surface area contributed by atoms with Gasteiger partial charge in [0.2, 0.25) is 0 Å². The third kappa shape index (κ3) is 4.48. The van der Waals surface area contributed by atoms with E-state index >= 15 is 0 Å². The van der Waals surface area contributed by atoms with Gasteiger partial charge in [0.05, 0.1) is 0 Å². The quantitative estimate of drug-likeness (QED) is 0.843. The van der Waals surface area contributed by atoms with E-state index in [9.17, 15) is 5.11 Å². The average Bonchev–Trinajstić information content (AvgIpc) is 2.38. The zero-order chi connectivity index (χ0) is 15.4. The minimum absolute atomic E-state index is 0.0970. The van der Waals surface area contributed by atoms with E-state index in [1.807, 2.05) is 37.3 Å². The topological polar surface area (TPSA) is 32.3 Å². The fourth-order valence-corrected chi connectivity index (χ4v) is 2.83. The van der Waals surface area contributed by atoms with Crippen molar-refractivity contribution in [2.24, 2.45) is 0 Å². The second kappa shape index (κ2) is 6.97. The molecular weight excluding hydrogens is 282 g/mol. The predicted molar refractivity (Wildman–Crippen MR) is 89.0 cm³/mol. The van der Waals surface area contributed by atoms with Gasteiger partial charge in [0, 0.05) is 22.7 Å². The first kappa shape index (κ1) is 15.9. The summed E-state index contributed by atoms with van der Waals surface area (Å²) in [7, 11) is 0. The Kier molecular flexibility index (Phi) is 5.27. The van der Waals surface area contributed by atoms with E-state index in [0.717, 1.165) is 22.6 Å². The molecule has 2 N–H and O–H groups in total. The monoisotopic (exact) mass is 303 g/mol. The second-order valence-corrected chi connectivity index (χ2v) is 6.12. The first-order valence-electron chi connectivity index (χ1n) is 7.25. The number of hydrogen-bond donors (Lipinski definition) is 2. The lowest BCUT2D eigenvalue weighted by Crippen LogP contribution is -2.30. The van der Waals surface area contributed by atoms with Crippen LogP contribution in [0.3, 0.4) is 0 Å². The number of hydrogen-bond acceptors (Lipinski definition) is 2. The molecule has 0 saturated carbocycles. The Morgan fingerprint density at radius 2 is 1.90 bits per heavy atom. The van der Waals surface area contributed by atoms with Gasteiger partial charge in [-0.05, 0) is 56.5 Å². The Morgan fingerprint density at radius 3 is 2.57 bits per heavy atom. The molecule has 3 heteroatoms. The number of rotatable bonds is 5. The van der Waals surface area contributed by atoms with Gasteiger partial charge in [-0.3, -0.25) is 0 Å². The molecule has 112 valence electrons. The molecule has 0 radical (unpaired) electrons. The molecule has 0 aliphatic heterocycles. The van der Waals surface area contributed by atoms with Gasteiger partial charge < -0.3 is 10.4 Å². The molecule has 2 nitrogen and oxygen atoms in total. The van der Waals surface area contributed by atoms with Crippen LogP contribution in [0.5, 0.6) is 5.75 Å². The molecule has 0 amide bonds. The SMILES string of the molecule is Cc1ccc(C(C)NC(C)Cc2cccc(Cl)c2)c(O)c1. The van der Waals surface area contributed by atoms with E-state index in [0.29, 0.717) is 11.8 Å². The van der Waals surface area contributed by atoms with E-state index in [2.05, 4.69) is 25.2 Å². The van der Waals surface area contributed by atoms with Crippen molar-refractivity contribution in [3.63, 3.8) is 0 Å². The highest BCUT2D eigenvalue weighted by Crippen LogP contribution is 2.25. The third-order valence-corrected chi connectivity index (χ3v) is 3.85. The molecule has 0 fully saturated rings. The zero-order valence-electron chi connectivity index (χ0n) is 12.7. The highest BCUT2D eigenvalue weighted by Gasteiger charge is 2.13. The smallest absolute Gasteiger partial charge is 0.120 e. The van der Waals surface area contributed by atoms with Gasteiger partial charge in [0.25, 0.3) is 0 Å². The molecular formula is C18H22ClNO. The largest absolute Gasteiger partial charge is 0.508 e. The molecule has 2 unspecified atom stereocenters. The summed E-state index contributed by atoms with van der Waals surface area (Å²) in [5.74, 6) is 0.352. The minimum Gasteiger partial charge on any atom is -0.508 e. The Morgan fingerprint density at radius 1 is 1.14 bits per heavy atom. The maximum atomic E-state index is 10.0. The van der Waals surface area contributed by atoms with E-state index in [1.54, 1.807) is 6.07 Å². The zero-order valence-corrected chi connectivity index (χ0v) is 13.5. The molecule has 0 bridgehead atoms. The lowest BCUT2D eigenvalue weighted by Gasteiger charge is -2.21. The van der Waals surface area contributed by atoms with Gasteiger partial charge in [-0.15, -0.1) is 0 Å². The van der Waals surface area contributed by atoms with Crippen LogP contribution in [-0.4, -0.2) is 11.1 Å². The van der Waals surface area contributed by atoms with E-state index in [-0.39, 0.29) is 6.04 Å². The van der Waals surface area contributed by atoms with Crippen LogP contribution in [0, 0.1) is 6.92 Å². The van der Waals surface area contributed by atoms with Crippen LogP contribution in [0.15, 0.2) is 42.5 Å². The summed E-state index contributed by atoms with van der Waals surface area (Å²) in [6.07, 6.45) is 0.900. The highest BCUT2D eigenvalue weighted by molar-refractivity contribution is 6.30. The average molecular weight is 304 g/mol. The molecule has 0 saturated heterocycles. The number of nitrogens with one attached hydrogen (secondary N) is 1. The van der Waals surface area contributed by atoms with Crippen LogP contribution in [0.4, 0.5) is 0 Å². The summed E-state index contributed by atoms with van der Waals surface area (Å²) in [5.41, 5.74) is 3.21. The standard InChI is InChI=1S/C18H22ClNO/c1-12-7-8-17(18(21)9-12)14(3)20-13(2)10-15-5-4-6-16(19)11-15/h4-9,11,13-14,20-21H,10H2,1-3H3. The number of aryl methyl sites for hydroxylation is 1. The van der Waals surface area contributed by atoms with Crippen molar-refractivity contribution in [2.45, 2.75) is 39.3 Å². The molecule has 2 rings (SSSR count). The molecule has 0 aliphatic carbocycles. The summed E-state index contributed by atoms with van der Waals surface area (Å²) in [6, 6.07) is 14.1. The number of benzene rings is 2. The van der Waals surface area contributed by atoms with Gasteiger partial charge in [0.1, 0.15) is 5.75 Å². The van der Waals surface area contributed by atoms with Crippen molar-refractivity contribution in [3.8, 4) is 5.75 Å². The molecule has 0 aliphatic rings. The molecule has 0 aromatic heterocycles. The summed E-state index contributed by atoms with van der Waals surface area (Å²) in [4.78, 5) is 0. The summed E-state index contributed by atoms with van der Waals surface area (Å²) >= 11 is 6.01. The second-order valence-electron chi connectivity index (χ2n) is 5.69. The maximum Gasteiger partial charge on any atom is 0.120 e. The van der Waals surface area contributed by atoms with Crippen LogP contribution in [0.25, 0.3) is 0 Å². The van der Waals surface area contributed by atoms with E-state index < -0.39 is 0 Å². The van der Waals surface area contributed by atoms with Crippen LogP contribution in [0.2, 0.25) is 5.02 Å². The van der Waals surface area contributed by atoms with E-state index in [4.69, 9.17) is 11.6 Å². The summed E-state index contributed by atoms with van der Waals surface area (Å²) in [6.45, 7) is 6.19. The van der Waals surface area contributed by atoms with E-state index in [1.165, 1.54) is 5.56 Å². The lowest BCUT2D eigenvalue weighted by atomic mass is 10.0. The predicted octanol–water partition coefficient (Wildman–Crippen LogP) is 4.64. The minimum atomic E-state index is 0.0970. The van der Waals surface area contributed by atoms with Crippen molar-refractivity contribution in [3.05, 3.63) is 64.2 Å². The van der Waals surface area contributed by atoms with Crippen LogP contribution in [-0.2, 0) is 6.42 Å². The van der Waals surface area contributed by atoms with Crippen molar-refractivity contribution >= 4 is 11.6 Å². The lowest BCUT2D eigenvalue weighted by molar-refractivity contribution is 0.433. The van der Waals surface area contributed by atoms with Gasteiger partial charge in [-0.1, -0.05) is 35.9 Å². The molecule has 2 atom stereocenters. The van der Waals surface area contributed by atoms with Gasteiger partial charge >= 0.3 is 0 Å². The first-order valence-corrected chi connectivity index (χ1v) is 7.63. The van der Waals surface area contributed by atoms with Crippen molar-refractivity contribution in [1.29, 1.82) is 0 Å². The Hall–Kier alpha value is -1.51. The number of phenols is 1. The fraction of sp³-hybridized carbons (Fsp3) is 0.333. The Labute approximate surface area is 131 Å². The van der Waals surface area contributed by atoms with Crippen LogP contribution in [0.1, 0.15) is 36.6 Å².